The van der Waals surface area contributed by atoms with Gasteiger partial charge in [0, 0.05) is 23.7 Å². The molecule has 3 rings (SSSR count). The van der Waals surface area contributed by atoms with Crippen molar-refractivity contribution in [2.24, 2.45) is 0 Å². The van der Waals surface area contributed by atoms with Crippen LogP contribution in [0.3, 0.4) is 0 Å². The van der Waals surface area contributed by atoms with Crippen molar-refractivity contribution in [3.05, 3.63) is 64.7 Å². The van der Waals surface area contributed by atoms with Crippen LogP contribution in [0.1, 0.15) is 33.6 Å². The Kier molecular flexibility index (Phi) is 5.68. The molecule has 1 heterocycles. The van der Waals surface area contributed by atoms with Gasteiger partial charge in [0.25, 0.3) is 11.8 Å². The molecule has 1 saturated heterocycles. The van der Waals surface area contributed by atoms with Crippen LogP contribution < -0.4 is 10.6 Å². The number of anilines is 1. The maximum absolute atomic E-state index is 12.4. The average molecular weight is 359 g/mol. The highest BCUT2D eigenvalue weighted by molar-refractivity contribution is 6.30. The molecule has 0 aromatic heterocycles. The summed E-state index contributed by atoms with van der Waals surface area (Å²) in [6, 6.07) is 13.5. The summed E-state index contributed by atoms with van der Waals surface area (Å²) in [6.45, 7) is 1.21. The number of nitrogens with one attached hydrogen (secondary N) is 2. The van der Waals surface area contributed by atoms with Crippen molar-refractivity contribution in [2.75, 3.05) is 18.5 Å². The molecule has 1 aliphatic rings. The molecule has 2 aromatic carbocycles. The molecule has 0 radical (unpaired) electrons. The van der Waals surface area contributed by atoms with Crippen molar-refractivity contribution < 1.29 is 14.3 Å². The zero-order chi connectivity index (χ0) is 17.6. The van der Waals surface area contributed by atoms with Gasteiger partial charge in [-0.25, -0.2) is 0 Å². The van der Waals surface area contributed by atoms with Gasteiger partial charge in [-0.3, -0.25) is 9.59 Å². The van der Waals surface area contributed by atoms with Crippen LogP contribution in [0.2, 0.25) is 5.02 Å². The molecule has 1 aliphatic heterocycles. The van der Waals surface area contributed by atoms with Crippen molar-refractivity contribution in [2.45, 2.75) is 18.9 Å². The van der Waals surface area contributed by atoms with E-state index in [1.165, 1.54) is 0 Å². The average Bonchev–Trinajstić information content (AvgIpc) is 3.14. The molecular formula is C19H19ClN2O3. The molecular weight excluding hydrogens is 340 g/mol. The lowest BCUT2D eigenvalue weighted by Crippen LogP contribution is -2.32. The number of hydrogen-bond acceptors (Lipinski definition) is 3. The van der Waals surface area contributed by atoms with Gasteiger partial charge in [-0.15, -0.1) is 0 Å². The number of amides is 2. The Morgan fingerprint density at radius 2 is 1.84 bits per heavy atom. The van der Waals surface area contributed by atoms with Crippen molar-refractivity contribution >= 4 is 29.1 Å². The van der Waals surface area contributed by atoms with Crippen LogP contribution in [0.25, 0.3) is 0 Å². The summed E-state index contributed by atoms with van der Waals surface area (Å²) in [5.41, 5.74) is 1.36. The first-order valence-corrected chi connectivity index (χ1v) is 8.57. The van der Waals surface area contributed by atoms with Crippen LogP contribution >= 0.6 is 11.6 Å². The minimum absolute atomic E-state index is 0.0692. The molecule has 1 atom stereocenters. The molecule has 6 heteroatoms. The SMILES string of the molecule is O=C(Nc1ccccc1C(=O)NC[C@H]1CCCO1)c1ccc(Cl)cc1. The number of para-hydroxylation sites is 1. The Morgan fingerprint density at radius 3 is 2.56 bits per heavy atom. The van der Waals surface area contributed by atoms with Crippen LogP contribution in [0, 0.1) is 0 Å². The fourth-order valence-electron chi connectivity index (χ4n) is 2.69. The van der Waals surface area contributed by atoms with E-state index in [1.54, 1.807) is 48.5 Å². The molecule has 25 heavy (non-hydrogen) atoms. The van der Waals surface area contributed by atoms with Crippen LogP contribution in [0.5, 0.6) is 0 Å². The lowest BCUT2D eigenvalue weighted by molar-refractivity contribution is 0.0858. The predicted octanol–water partition coefficient (Wildman–Crippen LogP) is 3.50. The van der Waals surface area contributed by atoms with Gasteiger partial charge < -0.3 is 15.4 Å². The molecule has 0 aliphatic carbocycles. The van der Waals surface area contributed by atoms with E-state index in [-0.39, 0.29) is 17.9 Å². The van der Waals surface area contributed by atoms with Crippen molar-refractivity contribution in [3.8, 4) is 0 Å². The molecule has 2 amide bonds. The Morgan fingerprint density at radius 1 is 1.08 bits per heavy atom. The first-order valence-electron chi connectivity index (χ1n) is 8.19. The van der Waals surface area contributed by atoms with E-state index in [4.69, 9.17) is 16.3 Å². The molecule has 0 spiro atoms. The first-order chi connectivity index (χ1) is 12.1. The number of carbonyl (C=O) groups excluding carboxylic acids is 2. The van der Waals surface area contributed by atoms with Crippen LogP contribution in [0.4, 0.5) is 5.69 Å². The third-order valence-corrected chi connectivity index (χ3v) is 4.29. The van der Waals surface area contributed by atoms with Gasteiger partial charge >= 0.3 is 0 Å². The highest BCUT2D eigenvalue weighted by Crippen LogP contribution is 2.18. The molecule has 1 fully saturated rings. The molecule has 5 nitrogen and oxygen atoms in total. The largest absolute Gasteiger partial charge is 0.376 e. The van der Waals surface area contributed by atoms with E-state index in [0.717, 1.165) is 19.4 Å². The van der Waals surface area contributed by atoms with E-state index in [0.29, 0.717) is 28.4 Å². The van der Waals surface area contributed by atoms with Crippen molar-refractivity contribution in [1.29, 1.82) is 0 Å². The summed E-state index contributed by atoms with van der Waals surface area (Å²) in [5, 5.41) is 6.21. The Labute approximate surface area is 151 Å². The maximum atomic E-state index is 12.4. The summed E-state index contributed by atoms with van der Waals surface area (Å²) >= 11 is 5.84. The van der Waals surface area contributed by atoms with Crippen LogP contribution in [-0.4, -0.2) is 31.1 Å². The lowest BCUT2D eigenvalue weighted by Gasteiger charge is -2.14. The number of hydrogen-bond donors (Lipinski definition) is 2. The fraction of sp³-hybridized carbons (Fsp3) is 0.263. The van der Waals surface area contributed by atoms with E-state index in [9.17, 15) is 9.59 Å². The van der Waals surface area contributed by atoms with E-state index >= 15 is 0 Å². The molecule has 0 unspecified atom stereocenters. The third-order valence-electron chi connectivity index (χ3n) is 4.04. The number of carbonyl (C=O) groups is 2. The summed E-state index contributed by atoms with van der Waals surface area (Å²) in [5.74, 6) is -0.529. The second-order valence-corrected chi connectivity index (χ2v) is 6.29. The van der Waals surface area contributed by atoms with Crippen molar-refractivity contribution in [1.82, 2.24) is 5.32 Å². The van der Waals surface area contributed by atoms with Gasteiger partial charge in [-0.1, -0.05) is 23.7 Å². The number of ether oxygens (including phenoxy) is 1. The quantitative estimate of drug-likeness (QED) is 0.859. The zero-order valence-corrected chi connectivity index (χ0v) is 14.4. The fourth-order valence-corrected chi connectivity index (χ4v) is 2.82. The summed E-state index contributed by atoms with van der Waals surface area (Å²) in [6.07, 6.45) is 2.04. The monoisotopic (exact) mass is 358 g/mol. The number of benzene rings is 2. The van der Waals surface area contributed by atoms with Gasteiger partial charge in [0.15, 0.2) is 0 Å². The second kappa shape index (κ2) is 8.14. The van der Waals surface area contributed by atoms with Crippen LogP contribution in [-0.2, 0) is 4.74 Å². The molecule has 0 saturated carbocycles. The van der Waals surface area contributed by atoms with E-state index in [1.807, 2.05) is 0 Å². The molecule has 2 N–H and O–H groups in total. The Hall–Kier alpha value is -2.37. The third kappa shape index (κ3) is 4.59. The summed E-state index contributed by atoms with van der Waals surface area (Å²) < 4.78 is 5.51. The van der Waals surface area contributed by atoms with E-state index < -0.39 is 0 Å². The highest BCUT2D eigenvalue weighted by Gasteiger charge is 2.18. The van der Waals surface area contributed by atoms with Gasteiger partial charge in [0.2, 0.25) is 0 Å². The highest BCUT2D eigenvalue weighted by atomic mass is 35.5. The predicted molar refractivity (Wildman–Crippen MR) is 97.2 cm³/mol. The van der Waals surface area contributed by atoms with Gasteiger partial charge in [0.1, 0.15) is 0 Å². The molecule has 130 valence electrons. The lowest BCUT2D eigenvalue weighted by atomic mass is 10.1. The number of halogens is 1. The van der Waals surface area contributed by atoms with E-state index in [2.05, 4.69) is 10.6 Å². The van der Waals surface area contributed by atoms with Crippen molar-refractivity contribution in [3.63, 3.8) is 0 Å². The normalized spacial score (nSPS) is 16.4. The topological polar surface area (TPSA) is 67.4 Å². The zero-order valence-electron chi connectivity index (χ0n) is 13.6. The minimum Gasteiger partial charge on any atom is -0.376 e. The first kappa shape index (κ1) is 17.5. The summed E-state index contributed by atoms with van der Waals surface area (Å²) in [7, 11) is 0. The van der Waals surface area contributed by atoms with Gasteiger partial charge in [-0.05, 0) is 49.2 Å². The Balaban J connectivity index is 1.68. The smallest absolute Gasteiger partial charge is 0.255 e. The van der Waals surface area contributed by atoms with Crippen LogP contribution in [0.15, 0.2) is 48.5 Å². The number of rotatable bonds is 5. The summed E-state index contributed by atoms with van der Waals surface area (Å²) in [4.78, 5) is 24.8. The standard InChI is InChI=1S/C19H19ClN2O3/c20-14-9-7-13(8-10-14)18(23)22-17-6-2-1-5-16(17)19(24)21-12-15-4-3-11-25-15/h1-2,5-10,15H,3-4,11-12H2,(H,21,24)(H,22,23)/t15-/m1/s1. The molecule has 2 aromatic rings. The Bertz CT molecular complexity index is 756. The van der Waals surface area contributed by atoms with Gasteiger partial charge in [-0.2, -0.15) is 0 Å². The minimum atomic E-state index is -0.295. The second-order valence-electron chi connectivity index (χ2n) is 5.85. The maximum Gasteiger partial charge on any atom is 0.255 e. The van der Waals surface area contributed by atoms with Gasteiger partial charge in [0.05, 0.1) is 17.4 Å². The molecule has 0 bridgehead atoms.